The normalized spacial score (nSPS) is 11.9. The molecule has 104 valence electrons. The lowest BCUT2D eigenvalue weighted by Crippen LogP contribution is -2.41. The number of aromatic nitrogens is 1. The van der Waals surface area contributed by atoms with Crippen LogP contribution in [0.2, 0.25) is 0 Å². The molecule has 1 aromatic heterocycles. The van der Waals surface area contributed by atoms with Gasteiger partial charge in [-0.05, 0) is 20.3 Å². The van der Waals surface area contributed by atoms with Crippen LogP contribution in [0.25, 0.3) is 0 Å². The van der Waals surface area contributed by atoms with Gasteiger partial charge in [-0.2, -0.15) is 0 Å². The van der Waals surface area contributed by atoms with E-state index < -0.39 is 23.9 Å². The Morgan fingerprint density at radius 2 is 1.95 bits per heavy atom. The number of amides is 1. The summed E-state index contributed by atoms with van der Waals surface area (Å²) in [5.74, 6) is -2.90. The van der Waals surface area contributed by atoms with E-state index in [1.54, 1.807) is 13.8 Å². The Morgan fingerprint density at radius 1 is 1.32 bits per heavy atom. The van der Waals surface area contributed by atoms with Gasteiger partial charge in [-0.3, -0.25) is 9.59 Å². The van der Waals surface area contributed by atoms with Crippen LogP contribution in [-0.2, 0) is 9.59 Å². The minimum absolute atomic E-state index is 0.159. The molecular formula is C11H14N2O5S. The van der Waals surface area contributed by atoms with Crippen LogP contribution in [0.5, 0.6) is 0 Å². The van der Waals surface area contributed by atoms with Crippen LogP contribution in [0.1, 0.15) is 33.2 Å². The van der Waals surface area contributed by atoms with Crippen molar-refractivity contribution in [2.45, 2.75) is 32.7 Å². The number of hydrogen-bond donors (Lipinski definition) is 3. The standard InChI is InChI=1S/C11H14N2O5S/c1-5-9(19-6(2)12-5)10(16)13-7(11(17)18)3-4-8(14)15/h7H,3-4H2,1-2H3,(H,13,16)(H,14,15)(H,17,18)/t7-/m0/s1. The van der Waals surface area contributed by atoms with E-state index in [0.29, 0.717) is 15.6 Å². The van der Waals surface area contributed by atoms with E-state index in [-0.39, 0.29) is 12.8 Å². The lowest BCUT2D eigenvalue weighted by Gasteiger charge is -2.12. The summed E-state index contributed by atoms with van der Waals surface area (Å²) in [6.45, 7) is 3.40. The maximum Gasteiger partial charge on any atom is 0.326 e. The second-order valence-corrected chi connectivity index (χ2v) is 5.15. The van der Waals surface area contributed by atoms with Crippen LogP contribution in [-0.4, -0.2) is 39.1 Å². The Labute approximate surface area is 113 Å². The number of thiazole rings is 1. The van der Waals surface area contributed by atoms with E-state index in [2.05, 4.69) is 10.3 Å². The van der Waals surface area contributed by atoms with Gasteiger partial charge < -0.3 is 15.5 Å². The molecule has 8 heteroatoms. The molecule has 0 aromatic carbocycles. The minimum atomic E-state index is -1.26. The van der Waals surface area contributed by atoms with Gasteiger partial charge in [0.05, 0.1) is 10.7 Å². The first kappa shape index (κ1) is 15.1. The third kappa shape index (κ3) is 4.32. The molecule has 0 fully saturated rings. The summed E-state index contributed by atoms with van der Waals surface area (Å²) < 4.78 is 0. The minimum Gasteiger partial charge on any atom is -0.481 e. The predicted molar refractivity (Wildman–Crippen MR) is 67.3 cm³/mol. The maximum absolute atomic E-state index is 11.9. The van der Waals surface area contributed by atoms with Gasteiger partial charge in [-0.25, -0.2) is 9.78 Å². The van der Waals surface area contributed by atoms with Crippen molar-refractivity contribution in [2.75, 3.05) is 0 Å². The molecule has 3 N–H and O–H groups in total. The van der Waals surface area contributed by atoms with Crippen molar-refractivity contribution in [3.8, 4) is 0 Å². The van der Waals surface area contributed by atoms with Crippen molar-refractivity contribution in [3.63, 3.8) is 0 Å². The van der Waals surface area contributed by atoms with Crippen molar-refractivity contribution >= 4 is 29.2 Å². The number of aryl methyl sites for hydroxylation is 2. The van der Waals surface area contributed by atoms with Crippen molar-refractivity contribution in [1.82, 2.24) is 10.3 Å². The van der Waals surface area contributed by atoms with E-state index in [4.69, 9.17) is 10.2 Å². The highest BCUT2D eigenvalue weighted by atomic mass is 32.1. The zero-order valence-electron chi connectivity index (χ0n) is 10.5. The molecule has 1 rings (SSSR count). The van der Waals surface area contributed by atoms with Crippen molar-refractivity contribution in [2.24, 2.45) is 0 Å². The largest absolute Gasteiger partial charge is 0.481 e. The average molecular weight is 286 g/mol. The number of carboxylic acids is 2. The number of rotatable bonds is 6. The van der Waals surface area contributed by atoms with E-state index in [1.165, 1.54) is 11.3 Å². The van der Waals surface area contributed by atoms with Gasteiger partial charge in [0.1, 0.15) is 10.9 Å². The van der Waals surface area contributed by atoms with Crippen LogP contribution >= 0.6 is 11.3 Å². The third-order valence-corrected chi connectivity index (χ3v) is 3.43. The summed E-state index contributed by atoms with van der Waals surface area (Å²) in [5, 5.41) is 20.5. The Hall–Kier alpha value is -1.96. The van der Waals surface area contributed by atoms with Crippen LogP contribution in [0.3, 0.4) is 0 Å². The topological polar surface area (TPSA) is 117 Å². The molecule has 0 aliphatic rings. The molecule has 1 amide bonds. The highest BCUT2D eigenvalue weighted by molar-refractivity contribution is 7.13. The Balaban J connectivity index is 2.74. The highest BCUT2D eigenvalue weighted by Gasteiger charge is 2.23. The third-order valence-electron chi connectivity index (χ3n) is 2.36. The van der Waals surface area contributed by atoms with Gasteiger partial charge in [0.25, 0.3) is 5.91 Å². The smallest absolute Gasteiger partial charge is 0.326 e. The zero-order valence-corrected chi connectivity index (χ0v) is 11.3. The maximum atomic E-state index is 11.9. The first-order valence-corrected chi connectivity index (χ1v) is 6.32. The first-order chi connectivity index (χ1) is 8.81. The second-order valence-electron chi connectivity index (χ2n) is 3.94. The van der Waals surface area contributed by atoms with Crippen LogP contribution in [0.15, 0.2) is 0 Å². The molecule has 0 radical (unpaired) electrons. The summed E-state index contributed by atoms with van der Waals surface area (Å²) in [6.07, 6.45) is -0.481. The fraction of sp³-hybridized carbons (Fsp3) is 0.455. The summed E-state index contributed by atoms with van der Waals surface area (Å²) in [5.41, 5.74) is 0.530. The SMILES string of the molecule is Cc1nc(C)c(C(=O)N[C@@H](CCC(=O)O)C(=O)O)s1. The zero-order chi connectivity index (χ0) is 14.6. The number of nitrogens with one attached hydrogen (secondary N) is 1. The van der Waals surface area contributed by atoms with E-state index in [1.807, 2.05) is 0 Å². The predicted octanol–water partition coefficient (Wildman–Crippen LogP) is 0.808. The Morgan fingerprint density at radius 3 is 2.37 bits per heavy atom. The van der Waals surface area contributed by atoms with Gasteiger partial charge >= 0.3 is 11.9 Å². The molecule has 7 nitrogen and oxygen atoms in total. The molecule has 0 saturated heterocycles. The molecule has 0 unspecified atom stereocenters. The first-order valence-electron chi connectivity index (χ1n) is 5.50. The van der Waals surface area contributed by atoms with Crippen molar-refractivity contribution < 1.29 is 24.6 Å². The molecule has 0 aliphatic heterocycles. The number of nitrogens with zero attached hydrogens (tertiary/aromatic N) is 1. The lowest BCUT2D eigenvalue weighted by atomic mass is 10.1. The summed E-state index contributed by atoms with van der Waals surface area (Å²) in [6, 6.07) is -1.22. The molecule has 19 heavy (non-hydrogen) atoms. The van der Waals surface area contributed by atoms with E-state index in [9.17, 15) is 14.4 Å². The van der Waals surface area contributed by atoms with Gasteiger partial charge in [0, 0.05) is 6.42 Å². The lowest BCUT2D eigenvalue weighted by molar-refractivity contribution is -0.140. The highest BCUT2D eigenvalue weighted by Crippen LogP contribution is 2.17. The fourth-order valence-corrected chi connectivity index (χ4v) is 2.31. The van der Waals surface area contributed by atoms with Gasteiger partial charge in [-0.15, -0.1) is 11.3 Å². The number of aliphatic carboxylic acids is 2. The fourth-order valence-electron chi connectivity index (χ4n) is 1.49. The quantitative estimate of drug-likeness (QED) is 0.712. The molecule has 0 saturated carbocycles. The molecule has 0 bridgehead atoms. The van der Waals surface area contributed by atoms with Gasteiger partial charge in [-0.1, -0.05) is 0 Å². The number of carbonyl (C=O) groups excluding carboxylic acids is 1. The molecule has 1 heterocycles. The van der Waals surface area contributed by atoms with Crippen molar-refractivity contribution in [1.29, 1.82) is 0 Å². The molecule has 0 aliphatic carbocycles. The summed E-state index contributed by atoms with van der Waals surface area (Å²) in [7, 11) is 0. The monoisotopic (exact) mass is 286 g/mol. The molecule has 1 atom stereocenters. The number of carboxylic acid groups (broad SMARTS) is 2. The molecular weight excluding hydrogens is 272 g/mol. The number of hydrogen-bond acceptors (Lipinski definition) is 5. The summed E-state index contributed by atoms with van der Waals surface area (Å²) in [4.78, 5) is 37.7. The van der Waals surface area contributed by atoms with Crippen LogP contribution < -0.4 is 5.32 Å². The molecule has 0 spiro atoms. The van der Waals surface area contributed by atoms with E-state index >= 15 is 0 Å². The van der Waals surface area contributed by atoms with E-state index in [0.717, 1.165) is 0 Å². The van der Waals surface area contributed by atoms with Gasteiger partial charge in [0.15, 0.2) is 0 Å². The average Bonchev–Trinajstić information content (AvgIpc) is 2.62. The molecule has 1 aromatic rings. The van der Waals surface area contributed by atoms with Crippen molar-refractivity contribution in [3.05, 3.63) is 15.6 Å². The number of carbonyl (C=O) groups is 3. The van der Waals surface area contributed by atoms with Crippen LogP contribution in [0, 0.1) is 13.8 Å². The Bertz CT molecular complexity index is 511. The summed E-state index contributed by atoms with van der Waals surface area (Å²) >= 11 is 1.17. The van der Waals surface area contributed by atoms with Gasteiger partial charge in [0.2, 0.25) is 0 Å². The van der Waals surface area contributed by atoms with Crippen LogP contribution in [0.4, 0.5) is 0 Å². The Kier molecular flexibility index (Phi) is 4.99. The second kappa shape index (κ2) is 6.28.